The van der Waals surface area contributed by atoms with Crippen LogP contribution < -0.4 is 0 Å². The maximum Gasteiger partial charge on any atom is 0.302 e. The Balaban J connectivity index is 1.51. The third-order valence-electron chi connectivity index (χ3n) is 14.3. The van der Waals surface area contributed by atoms with Gasteiger partial charge in [0, 0.05) is 17.8 Å². The third kappa shape index (κ3) is 4.18. The zero-order valence-electron chi connectivity index (χ0n) is 26.2. The van der Waals surface area contributed by atoms with E-state index in [-0.39, 0.29) is 34.2 Å². The Morgan fingerprint density at radius 1 is 0.850 bits per heavy atom. The van der Waals surface area contributed by atoms with Gasteiger partial charge in [-0.3, -0.25) is 4.79 Å². The minimum atomic E-state index is -0.419. The lowest BCUT2D eigenvalue weighted by molar-refractivity contribution is -0.255. The van der Waals surface area contributed by atoms with Gasteiger partial charge >= 0.3 is 5.97 Å². The number of esters is 1. The summed E-state index contributed by atoms with van der Waals surface area (Å²) >= 11 is 0. The van der Waals surface area contributed by atoms with Crippen molar-refractivity contribution in [3.8, 4) is 0 Å². The first kappa shape index (κ1) is 30.1. The Labute approximate surface area is 243 Å². The molecule has 11 atom stereocenters. The molecule has 5 aliphatic rings. The van der Waals surface area contributed by atoms with E-state index in [0.717, 1.165) is 62.9 Å². The van der Waals surface area contributed by atoms with E-state index in [1.54, 1.807) is 0 Å². The zero-order chi connectivity index (χ0) is 29.3. The van der Waals surface area contributed by atoms with Crippen molar-refractivity contribution < 1.29 is 24.5 Å². The molecule has 0 bridgehead atoms. The van der Waals surface area contributed by atoms with E-state index in [4.69, 9.17) is 9.47 Å². The lowest BCUT2D eigenvalue weighted by atomic mass is 9.32. The van der Waals surface area contributed by atoms with E-state index < -0.39 is 11.5 Å². The average Bonchev–Trinajstić information content (AvgIpc) is 3.29. The minimum absolute atomic E-state index is 0.0667. The van der Waals surface area contributed by atoms with Gasteiger partial charge in [0.15, 0.2) is 0 Å². The van der Waals surface area contributed by atoms with Crippen LogP contribution in [-0.4, -0.2) is 42.1 Å². The van der Waals surface area contributed by atoms with E-state index in [1.165, 1.54) is 26.2 Å². The number of hydrogen-bond donors (Lipinski definition) is 2. The molecule has 0 aromatic carbocycles. The highest BCUT2D eigenvalue weighted by atomic mass is 16.5. The van der Waals surface area contributed by atoms with E-state index >= 15 is 0 Å². The SMILES string of the molecule is C=C(C)OC[C@]12CCC(C(=C)COC(C)=O)C1C1CCC3[C@@]4(C)CC[C@H](O)[C@@](C)(CO)[C@@H]4CC[C@@]3(C)[C@]1(C)CC2. The second-order valence-electron chi connectivity index (χ2n) is 15.8. The lowest BCUT2D eigenvalue weighted by Crippen LogP contribution is -2.67. The number of rotatable bonds is 7. The van der Waals surface area contributed by atoms with Crippen LogP contribution in [0.5, 0.6) is 0 Å². The van der Waals surface area contributed by atoms with Gasteiger partial charge in [-0.1, -0.05) is 40.9 Å². The predicted molar refractivity (Wildman–Crippen MR) is 158 cm³/mol. The highest BCUT2D eigenvalue weighted by molar-refractivity contribution is 5.66. The first-order valence-corrected chi connectivity index (χ1v) is 16.1. The summed E-state index contributed by atoms with van der Waals surface area (Å²) in [5.41, 5.74) is 1.29. The molecule has 0 aromatic rings. The Bertz CT molecular complexity index is 1040. The second-order valence-corrected chi connectivity index (χ2v) is 15.8. The summed E-state index contributed by atoms with van der Waals surface area (Å²) in [7, 11) is 0. The van der Waals surface area contributed by atoms with Gasteiger partial charge < -0.3 is 19.7 Å². The molecule has 5 rings (SSSR count). The van der Waals surface area contributed by atoms with Crippen molar-refractivity contribution in [1.82, 2.24) is 0 Å². The second kappa shape index (κ2) is 10.1. The monoisotopic (exact) mass is 556 g/mol. The Morgan fingerprint density at radius 3 is 2.23 bits per heavy atom. The molecule has 5 nitrogen and oxygen atoms in total. The van der Waals surface area contributed by atoms with Crippen molar-refractivity contribution >= 4 is 5.97 Å². The van der Waals surface area contributed by atoms with Crippen LogP contribution in [0.4, 0.5) is 0 Å². The molecule has 0 spiro atoms. The van der Waals surface area contributed by atoms with Crippen molar-refractivity contribution in [2.45, 2.75) is 112 Å². The summed E-state index contributed by atoms with van der Waals surface area (Å²) in [6, 6.07) is 0. The van der Waals surface area contributed by atoms with E-state index in [2.05, 4.69) is 40.9 Å². The van der Waals surface area contributed by atoms with Crippen molar-refractivity contribution in [2.75, 3.05) is 19.8 Å². The standard InChI is InChI=1S/C35H56O5/c1-22(2)40-21-35-16-11-25(23(3)19-39-24(4)37)30(35)26-9-10-28-31(5)14-13-29(38)32(6,20-36)27(31)12-15-34(28,8)33(26,7)17-18-35/h25-30,36,38H,1,3,9-21H2,2,4-8H3/t25?,26?,27-,28?,29+,30?,31+,32+,33-,34-,35-/m1/s1. The number of carbonyl (C=O) groups is 1. The summed E-state index contributed by atoms with van der Waals surface area (Å²) in [5.74, 6) is 2.85. The molecule has 0 heterocycles. The summed E-state index contributed by atoms with van der Waals surface area (Å²) in [4.78, 5) is 11.7. The van der Waals surface area contributed by atoms with Crippen molar-refractivity contribution in [2.24, 2.45) is 56.7 Å². The fraction of sp³-hybridized carbons (Fsp3) is 0.857. The molecule has 2 N–H and O–H groups in total. The molecule has 226 valence electrons. The quantitative estimate of drug-likeness (QED) is 0.199. The molecule has 5 heteroatoms. The van der Waals surface area contributed by atoms with Gasteiger partial charge in [-0.05, 0) is 123 Å². The van der Waals surface area contributed by atoms with Gasteiger partial charge in [0.05, 0.1) is 25.1 Å². The number of aliphatic hydroxyl groups excluding tert-OH is 2. The fourth-order valence-electron chi connectivity index (χ4n) is 12.0. The highest BCUT2D eigenvalue weighted by Gasteiger charge is 2.71. The molecule has 5 aliphatic carbocycles. The smallest absolute Gasteiger partial charge is 0.302 e. The Kier molecular flexibility index (Phi) is 7.64. The number of hydrogen-bond acceptors (Lipinski definition) is 5. The van der Waals surface area contributed by atoms with Crippen molar-refractivity contribution in [3.05, 3.63) is 24.5 Å². The molecule has 0 aromatic heterocycles. The van der Waals surface area contributed by atoms with Crippen molar-refractivity contribution in [1.29, 1.82) is 0 Å². The summed E-state index contributed by atoms with van der Waals surface area (Å²) in [6.45, 7) is 23.0. The van der Waals surface area contributed by atoms with Gasteiger partial charge in [-0.15, -0.1) is 0 Å². The summed E-state index contributed by atoms with van der Waals surface area (Å²) in [6.07, 6.45) is 10.7. The maximum absolute atomic E-state index is 11.7. The number of allylic oxidation sites excluding steroid dienone is 1. The van der Waals surface area contributed by atoms with Gasteiger partial charge in [0.1, 0.15) is 6.61 Å². The van der Waals surface area contributed by atoms with Crippen LogP contribution in [0.15, 0.2) is 24.5 Å². The Morgan fingerprint density at radius 2 is 1.57 bits per heavy atom. The number of aliphatic hydroxyl groups is 2. The molecule has 40 heavy (non-hydrogen) atoms. The van der Waals surface area contributed by atoms with Crippen LogP contribution >= 0.6 is 0 Å². The largest absolute Gasteiger partial charge is 0.498 e. The van der Waals surface area contributed by atoms with Crippen molar-refractivity contribution in [3.63, 3.8) is 0 Å². The number of carbonyl (C=O) groups excluding carboxylic acids is 1. The van der Waals surface area contributed by atoms with Crippen LogP contribution in [0.25, 0.3) is 0 Å². The minimum Gasteiger partial charge on any atom is -0.498 e. The van der Waals surface area contributed by atoms with Gasteiger partial charge in [0.2, 0.25) is 0 Å². The summed E-state index contributed by atoms with van der Waals surface area (Å²) in [5, 5.41) is 21.6. The van der Waals surface area contributed by atoms with Crippen LogP contribution in [0, 0.1) is 56.7 Å². The van der Waals surface area contributed by atoms with Crippen LogP contribution in [-0.2, 0) is 14.3 Å². The molecule has 0 amide bonds. The average molecular weight is 557 g/mol. The van der Waals surface area contributed by atoms with E-state index in [1.807, 2.05) is 6.92 Å². The van der Waals surface area contributed by atoms with Gasteiger partial charge in [-0.25, -0.2) is 0 Å². The molecule has 5 fully saturated rings. The number of fused-ring (bicyclic) bond motifs is 7. The lowest BCUT2D eigenvalue weighted by Gasteiger charge is -2.73. The topological polar surface area (TPSA) is 76.0 Å². The molecular formula is C35H56O5. The molecule has 4 unspecified atom stereocenters. The predicted octanol–water partition coefficient (Wildman–Crippen LogP) is 7.07. The first-order valence-electron chi connectivity index (χ1n) is 16.1. The normalized spacial score (nSPS) is 49.6. The van der Waals surface area contributed by atoms with Gasteiger partial charge in [0.25, 0.3) is 0 Å². The summed E-state index contributed by atoms with van der Waals surface area (Å²) < 4.78 is 11.7. The first-order chi connectivity index (χ1) is 18.7. The number of ether oxygens (including phenoxy) is 2. The Hall–Kier alpha value is -1.33. The van der Waals surface area contributed by atoms with Crippen LogP contribution in [0.3, 0.4) is 0 Å². The molecular weight excluding hydrogens is 500 g/mol. The fourth-order valence-corrected chi connectivity index (χ4v) is 12.0. The molecule has 0 saturated heterocycles. The zero-order valence-corrected chi connectivity index (χ0v) is 26.2. The molecule has 0 aliphatic heterocycles. The molecule has 0 radical (unpaired) electrons. The highest BCUT2D eigenvalue weighted by Crippen LogP contribution is 2.77. The van der Waals surface area contributed by atoms with Crippen LogP contribution in [0.2, 0.25) is 0 Å². The van der Waals surface area contributed by atoms with E-state index in [9.17, 15) is 15.0 Å². The molecule has 5 saturated carbocycles. The van der Waals surface area contributed by atoms with Gasteiger partial charge in [-0.2, -0.15) is 0 Å². The van der Waals surface area contributed by atoms with Crippen LogP contribution in [0.1, 0.15) is 106 Å². The van der Waals surface area contributed by atoms with E-state index in [0.29, 0.717) is 36.2 Å². The third-order valence-corrected chi connectivity index (χ3v) is 14.3. The maximum atomic E-state index is 11.7.